The van der Waals surface area contributed by atoms with Gasteiger partial charge in [-0.2, -0.15) is 0 Å². The molecule has 1 aromatic heterocycles. The van der Waals surface area contributed by atoms with E-state index in [9.17, 15) is 9.18 Å². The summed E-state index contributed by atoms with van der Waals surface area (Å²) in [5.41, 5.74) is 0.292. The molecular weight excluding hydrogens is 359 g/mol. The zero-order chi connectivity index (χ0) is 19.6. The third-order valence-corrected chi connectivity index (χ3v) is 6.32. The van der Waals surface area contributed by atoms with E-state index in [4.69, 9.17) is 4.74 Å². The minimum absolute atomic E-state index is 0.000456. The van der Waals surface area contributed by atoms with Gasteiger partial charge in [-0.05, 0) is 55.4 Å². The van der Waals surface area contributed by atoms with Crippen molar-refractivity contribution in [3.63, 3.8) is 0 Å². The summed E-state index contributed by atoms with van der Waals surface area (Å²) < 4.78 is 20.8. The molecule has 2 aromatic rings. The van der Waals surface area contributed by atoms with Crippen molar-refractivity contribution < 1.29 is 13.9 Å². The molecule has 4 rings (SSSR count). The molecule has 150 valence electrons. The molecule has 7 heteroatoms. The molecule has 2 aliphatic heterocycles. The maximum absolute atomic E-state index is 12.9. The van der Waals surface area contributed by atoms with Gasteiger partial charge in [0, 0.05) is 32.5 Å². The van der Waals surface area contributed by atoms with Gasteiger partial charge in [0.1, 0.15) is 23.2 Å². The zero-order valence-corrected chi connectivity index (χ0v) is 16.4. The van der Waals surface area contributed by atoms with Crippen molar-refractivity contribution in [1.29, 1.82) is 0 Å². The first-order valence-electron chi connectivity index (χ1n) is 10.2. The van der Waals surface area contributed by atoms with Crippen LogP contribution in [-0.2, 0) is 24.2 Å². The third-order valence-electron chi connectivity index (χ3n) is 6.32. The van der Waals surface area contributed by atoms with E-state index in [1.807, 2.05) is 4.90 Å². The topological polar surface area (TPSA) is 60.2 Å². The molecule has 0 saturated carbocycles. The number of carbonyl (C=O) groups excluding carboxylic acids is 1. The second-order valence-electron chi connectivity index (χ2n) is 7.91. The van der Waals surface area contributed by atoms with E-state index in [-0.39, 0.29) is 18.3 Å². The third kappa shape index (κ3) is 3.88. The largest absolute Gasteiger partial charge is 0.484 e. The molecule has 1 aromatic carbocycles. The molecule has 28 heavy (non-hydrogen) atoms. The fourth-order valence-corrected chi connectivity index (χ4v) is 4.43. The van der Waals surface area contributed by atoms with Crippen molar-refractivity contribution in [1.82, 2.24) is 19.7 Å². The molecule has 1 fully saturated rings. The number of aryl methyl sites for hydroxylation is 2. The summed E-state index contributed by atoms with van der Waals surface area (Å²) >= 11 is 0. The van der Waals surface area contributed by atoms with Gasteiger partial charge in [-0.3, -0.25) is 4.79 Å². The summed E-state index contributed by atoms with van der Waals surface area (Å²) in [5, 5.41) is 8.68. The Bertz CT molecular complexity index is 825. The summed E-state index contributed by atoms with van der Waals surface area (Å²) in [6.07, 6.45) is 6.16. The van der Waals surface area contributed by atoms with Crippen molar-refractivity contribution in [2.75, 3.05) is 19.7 Å². The normalized spacial score (nSPS) is 18.6. The Kier molecular flexibility index (Phi) is 5.33. The van der Waals surface area contributed by atoms with Crippen LogP contribution in [0.1, 0.15) is 44.3 Å². The Morgan fingerprint density at radius 3 is 2.54 bits per heavy atom. The van der Waals surface area contributed by atoms with Gasteiger partial charge in [-0.15, -0.1) is 10.2 Å². The maximum Gasteiger partial charge on any atom is 0.260 e. The number of rotatable bonds is 4. The number of aromatic nitrogens is 3. The fraction of sp³-hybridized carbons (Fsp3) is 0.571. The minimum Gasteiger partial charge on any atom is -0.484 e. The summed E-state index contributed by atoms with van der Waals surface area (Å²) in [6.45, 7) is 4.64. The first kappa shape index (κ1) is 18.9. The van der Waals surface area contributed by atoms with Crippen molar-refractivity contribution >= 4 is 5.91 Å². The molecule has 0 atom stereocenters. The number of carbonyl (C=O) groups is 1. The number of piperidine rings is 1. The minimum atomic E-state index is -0.313. The molecule has 0 N–H and O–H groups in total. The van der Waals surface area contributed by atoms with Gasteiger partial charge >= 0.3 is 0 Å². The molecular formula is C21H27FN4O2. The fourth-order valence-electron chi connectivity index (χ4n) is 4.43. The van der Waals surface area contributed by atoms with Crippen molar-refractivity contribution in [2.24, 2.45) is 5.41 Å². The lowest BCUT2D eigenvalue weighted by molar-refractivity contribution is -0.135. The highest BCUT2D eigenvalue weighted by atomic mass is 19.1. The van der Waals surface area contributed by atoms with Crippen LogP contribution in [0.2, 0.25) is 0 Å². The molecule has 2 aliphatic rings. The van der Waals surface area contributed by atoms with E-state index < -0.39 is 0 Å². The number of ether oxygens (including phenoxy) is 1. The molecule has 1 saturated heterocycles. The van der Waals surface area contributed by atoms with Crippen LogP contribution < -0.4 is 4.74 Å². The van der Waals surface area contributed by atoms with Crippen LogP contribution in [0.15, 0.2) is 24.3 Å². The Labute approximate surface area is 164 Å². The molecule has 1 amide bonds. The van der Waals surface area contributed by atoms with Gasteiger partial charge in [0.15, 0.2) is 6.61 Å². The first-order valence-corrected chi connectivity index (χ1v) is 10.2. The second-order valence-corrected chi connectivity index (χ2v) is 7.91. The number of benzene rings is 1. The number of hydrogen-bond donors (Lipinski definition) is 0. The highest BCUT2D eigenvalue weighted by molar-refractivity contribution is 5.77. The lowest BCUT2D eigenvalue weighted by atomic mass is 9.73. The van der Waals surface area contributed by atoms with E-state index in [1.165, 1.54) is 12.1 Å². The number of fused-ring (bicyclic) bond motifs is 1. The summed E-state index contributed by atoms with van der Waals surface area (Å²) in [7, 11) is 0. The Morgan fingerprint density at radius 2 is 1.82 bits per heavy atom. The van der Waals surface area contributed by atoms with Gasteiger partial charge < -0.3 is 14.2 Å². The van der Waals surface area contributed by atoms with Crippen molar-refractivity contribution in [3.05, 3.63) is 41.7 Å². The average molecular weight is 386 g/mol. The summed E-state index contributed by atoms with van der Waals surface area (Å²) in [4.78, 5) is 14.4. The maximum atomic E-state index is 12.9. The number of amides is 1. The Balaban J connectivity index is 1.30. The van der Waals surface area contributed by atoms with Gasteiger partial charge in [0.2, 0.25) is 0 Å². The molecule has 6 nitrogen and oxygen atoms in total. The average Bonchev–Trinajstić information content (AvgIpc) is 3.04. The first-order chi connectivity index (χ1) is 13.6. The highest BCUT2D eigenvalue weighted by Crippen LogP contribution is 2.41. The molecule has 0 unspecified atom stereocenters. The number of halogens is 1. The molecule has 0 aliphatic carbocycles. The second kappa shape index (κ2) is 7.89. The lowest BCUT2D eigenvalue weighted by Crippen LogP contribution is -2.45. The van der Waals surface area contributed by atoms with E-state index in [0.29, 0.717) is 11.2 Å². The molecule has 0 bridgehead atoms. The van der Waals surface area contributed by atoms with E-state index in [1.54, 1.807) is 12.1 Å². The highest BCUT2D eigenvalue weighted by Gasteiger charge is 2.37. The van der Waals surface area contributed by atoms with Crippen LogP contribution in [0.5, 0.6) is 5.75 Å². The lowest BCUT2D eigenvalue weighted by Gasteiger charge is -2.41. The van der Waals surface area contributed by atoms with Gasteiger partial charge in [0.05, 0.1) is 0 Å². The predicted molar refractivity (Wildman–Crippen MR) is 102 cm³/mol. The van der Waals surface area contributed by atoms with Crippen molar-refractivity contribution in [2.45, 2.75) is 52.0 Å². The predicted octanol–water partition coefficient (Wildman–Crippen LogP) is 3.00. The molecule has 1 spiro atoms. The van der Waals surface area contributed by atoms with Crippen LogP contribution in [0.4, 0.5) is 4.39 Å². The van der Waals surface area contributed by atoms with Crippen LogP contribution in [0, 0.1) is 11.2 Å². The zero-order valence-electron chi connectivity index (χ0n) is 16.4. The van der Waals surface area contributed by atoms with Crippen molar-refractivity contribution in [3.8, 4) is 5.75 Å². The molecule has 0 radical (unpaired) electrons. The van der Waals surface area contributed by atoms with Crippen LogP contribution in [-0.4, -0.2) is 45.3 Å². The van der Waals surface area contributed by atoms with E-state index >= 15 is 0 Å². The van der Waals surface area contributed by atoms with Crippen LogP contribution in [0.25, 0.3) is 0 Å². The smallest absolute Gasteiger partial charge is 0.260 e. The van der Waals surface area contributed by atoms with Gasteiger partial charge in [-0.25, -0.2) is 4.39 Å². The SMILES string of the molecule is CCc1nnc2n1CCC1(CC2)CCN(C(=O)COc2ccc(F)cc2)CC1. The van der Waals surface area contributed by atoms with Gasteiger partial charge in [0.25, 0.3) is 5.91 Å². The number of likely N-dealkylation sites (tertiary alicyclic amines) is 1. The van der Waals surface area contributed by atoms with E-state index in [0.717, 1.165) is 69.8 Å². The monoisotopic (exact) mass is 386 g/mol. The Morgan fingerprint density at radius 1 is 1.11 bits per heavy atom. The number of hydrogen-bond acceptors (Lipinski definition) is 4. The van der Waals surface area contributed by atoms with Gasteiger partial charge in [-0.1, -0.05) is 6.92 Å². The van der Waals surface area contributed by atoms with Crippen LogP contribution >= 0.6 is 0 Å². The van der Waals surface area contributed by atoms with E-state index in [2.05, 4.69) is 21.7 Å². The molecule has 3 heterocycles. The Hall–Kier alpha value is -2.44. The van der Waals surface area contributed by atoms with Crippen LogP contribution in [0.3, 0.4) is 0 Å². The number of nitrogens with zero attached hydrogens (tertiary/aromatic N) is 4. The standard InChI is InChI=1S/C21H27FN4O2/c1-2-18-23-24-19-7-8-21(11-14-26(18)19)9-12-25(13-10-21)20(27)15-28-17-5-3-16(22)4-6-17/h3-6H,2,7-15H2,1H3. The summed E-state index contributed by atoms with van der Waals surface area (Å²) in [5.74, 6) is 2.39. The summed E-state index contributed by atoms with van der Waals surface area (Å²) in [6, 6.07) is 5.76. The quantitative estimate of drug-likeness (QED) is 0.811.